The largest absolute Gasteiger partial charge is 0.457 e. The number of carbonyl (C=O) groups is 1. The summed E-state index contributed by atoms with van der Waals surface area (Å²) in [5, 5.41) is 5.94. The van der Waals surface area contributed by atoms with E-state index < -0.39 is 0 Å². The van der Waals surface area contributed by atoms with E-state index in [1.165, 1.54) is 6.26 Å². The van der Waals surface area contributed by atoms with Gasteiger partial charge in [0.25, 0.3) is 5.91 Å². The first-order valence-corrected chi connectivity index (χ1v) is 4.80. The molecule has 1 saturated heterocycles. The minimum absolute atomic E-state index is 0.0825. The highest BCUT2D eigenvalue weighted by Gasteiger charge is 2.20. The molecule has 0 aromatic carbocycles. The van der Waals surface area contributed by atoms with Gasteiger partial charge >= 0.3 is 0 Å². The van der Waals surface area contributed by atoms with Crippen LogP contribution in [0.1, 0.15) is 10.4 Å². The van der Waals surface area contributed by atoms with Gasteiger partial charge in [-0.2, -0.15) is 0 Å². The third-order valence-corrected chi connectivity index (χ3v) is 2.36. The topological polar surface area (TPSA) is 54.3 Å². The van der Waals surface area contributed by atoms with Gasteiger partial charge in [0, 0.05) is 19.2 Å². The highest BCUT2D eigenvalue weighted by molar-refractivity contribution is 9.10. The molecule has 0 atom stereocenters. The Bertz CT molecular complexity index is 320. The SMILES string of the molecule is O=C(NC1CNC1)c1coc(Br)c1. The molecule has 1 aromatic heterocycles. The Kier molecular flexibility index (Phi) is 2.37. The van der Waals surface area contributed by atoms with Gasteiger partial charge in [-0.3, -0.25) is 4.79 Å². The molecule has 0 bridgehead atoms. The lowest BCUT2D eigenvalue weighted by molar-refractivity contribution is 0.0923. The first-order valence-electron chi connectivity index (χ1n) is 4.01. The number of rotatable bonds is 2. The van der Waals surface area contributed by atoms with Gasteiger partial charge in [-0.1, -0.05) is 0 Å². The number of hydrogen-bond donors (Lipinski definition) is 2. The van der Waals surface area contributed by atoms with Crippen LogP contribution in [0.3, 0.4) is 0 Å². The lowest BCUT2D eigenvalue weighted by Gasteiger charge is -2.27. The third-order valence-electron chi connectivity index (χ3n) is 1.95. The molecule has 2 heterocycles. The number of halogens is 1. The normalized spacial score (nSPS) is 16.7. The van der Waals surface area contributed by atoms with E-state index in [4.69, 9.17) is 4.42 Å². The first-order chi connectivity index (χ1) is 6.25. The van der Waals surface area contributed by atoms with E-state index in [1.54, 1.807) is 6.07 Å². The fourth-order valence-corrected chi connectivity index (χ4v) is 1.43. The van der Waals surface area contributed by atoms with Gasteiger partial charge in [-0.15, -0.1) is 0 Å². The van der Waals surface area contributed by atoms with Crippen molar-refractivity contribution in [1.29, 1.82) is 0 Å². The van der Waals surface area contributed by atoms with Crippen LogP contribution >= 0.6 is 15.9 Å². The molecule has 2 rings (SSSR count). The van der Waals surface area contributed by atoms with Crippen molar-refractivity contribution < 1.29 is 9.21 Å². The molecule has 0 aliphatic carbocycles. The zero-order valence-electron chi connectivity index (χ0n) is 6.84. The van der Waals surface area contributed by atoms with Gasteiger partial charge in [0.05, 0.1) is 11.6 Å². The van der Waals surface area contributed by atoms with E-state index in [0.717, 1.165) is 13.1 Å². The van der Waals surface area contributed by atoms with Crippen molar-refractivity contribution in [2.45, 2.75) is 6.04 Å². The zero-order valence-corrected chi connectivity index (χ0v) is 8.43. The average molecular weight is 245 g/mol. The summed E-state index contributed by atoms with van der Waals surface area (Å²) in [5.74, 6) is -0.0825. The van der Waals surface area contributed by atoms with E-state index in [-0.39, 0.29) is 11.9 Å². The smallest absolute Gasteiger partial charge is 0.254 e. The Morgan fingerprint density at radius 3 is 2.92 bits per heavy atom. The van der Waals surface area contributed by atoms with Crippen molar-refractivity contribution in [3.8, 4) is 0 Å². The Labute approximate surface area is 83.8 Å². The van der Waals surface area contributed by atoms with Crippen LogP contribution in [-0.4, -0.2) is 25.0 Å². The molecule has 1 aliphatic heterocycles. The average Bonchev–Trinajstić information content (AvgIpc) is 2.44. The summed E-state index contributed by atoms with van der Waals surface area (Å²) in [7, 11) is 0. The fourth-order valence-electron chi connectivity index (χ4n) is 1.09. The van der Waals surface area contributed by atoms with E-state index in [0.29, 0.717) is 10.2 Å². The molecule has 4 nitrogen and oxygen atoms in total. The minimum Gasteiger partial charge on any atom is -0.457 e. The molecule has 13 heavy (non-hydrogen) atoms. The number of furan rings is 1. The van der Waals surface area contributed by atoms with Crippen LogP contribution in [0.4, 0.5) is 0 Å². The molecule has 0 unspecified atom stereocenters. The molecule has 1 amide bonds. The standard InChI is InChI=1S/C8H9BrN2O2/c9-7-1-5(4-13-7)8(12)11-6-2-10-3-6/h1,4,6,10H,2-3H2,(H,11,12). The van der Waals surface area contributed by atoms with Crippen LogP contribution in [0.25, 0.3) is 0 Å². The van der Waals surface area contributed by atoms with Crippen LogP contribution in [-0.2, 0) is 0 Å². The van der Waals surface area contributed by atoms with Crippen molar-refractivity contribution in [3.63, 3.8) is 0 Å². The van der Waals surface area contributed by atoms with Crippen LogP contribution < -0.4 is 10.6 Å². The Morgan fingerprint density at radius 1 is 1.69 bits per heavy atom. The molecule has 1 fully saturated rings. The highest BCUT2D eigenvalue weighted by Crippen LogP contribution is 2.13. The van der Waals surface area contributed by atoms with Gasteiger partial charge in [0.2, 0.25) is 0 Å². The summed E-state index contributed by atoms with van der Waals surface area (Å²) in [5.41, 5.74) is 0.554. The summed E-state index contributed by atoms with van der Waals surface area (Å²) in [6.07, 6.45) is 1.44. The lowest BCUT2D eigenvalue weighted by atomic mass is 10.1. The lowest BCUT2D eigenvalue weighted by Crippen LogP contribution is -2.56. The van der Waals surface area contributed by atoms with Crippen LogP contribution in [0, 0.1) is 0 Å². The summed E-state index contributed by atoms with van der Waals surface area (Å²) in [6, 6.07) is 1.92. The molecule has 5 heteroatoms. The summed E-state index contributed by atoms with van der Waals surface area (Å²) < 4.78 is 5.53. The Balaban J connectivity index is 1.96. The minimum atomic E-state index is -0.0825. The van der Waals surface area contributed by atoms with Crippen molar-refractivity contribution in [3.05, 3.63) is 22.6 Å². The predicted molar refractivity (Wildman–Crippen MR) is 50.5 cm³/mol. The van der Waals surface area contributed by atoms with Crippen molar-refractivity contribution in [2.24, 2.45) is 0 Å². The molecule has 0 spiro atoms. The van der Waals surface area contributed by atoms with Gasteiger partial charge < -0.3 is 15.1 Å². The van der Waals surface area contributed by atoms with E-state index in [1.807, 2.05) is 0 Å². The molecular formula is C8H9BrN2O2. The van der Waals surface area contributed by atoms with Gasteiger partial charge in [0.15, 0.2) is 4.67 Å². The molecule has 70 valence electrons. The second kappa shape index (κ2) is 3.51. The van der Waals surface area contributed by atoms with Crippen LogP contribution in [0.5, 0.6) is 0 Å². The van der Waals surface area contributed by atoms with Crippen molar-refractivity contribution in [1.82, 2.24) is 10.6 Å². The van der Waals surface area contributed by atoms with E-state index >= 15 is 0 Å². The maximum atomic E-state index is 11.4. The summed E-state index contributed by atoms with van der Waals surface area (Å²) in [6.45, 7) is 1.70. The molecule has 1 aliphatic rings. The molecule has 0 radical (unpaired) electrons. The summed E-state index contributed by atoms with van der Waals surface area (Å²) in [4.78, 5) is 11.4. The monoisotopic (exact) mass is 244 g/mol. The zero-order chi connectivity index (χ0) is 9.26. The van der Waals surface area contributed by atoms with Crippen molar-refractivity contribution >= 4 is 21.8 Å². The second-order valence-corrected chi connectivity index (χ2v) is 3.75. The van der Waals surface area contributed by atoms with E-state index in [2.05, 4.69) is 26.6 Å². The van der Waals surface area contributed by atoms with Crippen LogP contribution in [0.15, 0.2) is 21.4 Å². The molecule has 0 saturated carbocycles. The second-order valence-electron chi connectivity index (χ2n) is 2.97. The maximum Gasteiger partial charge on any atom is 0.254 e. The first kappa shape index (κ1) is 8.77. The fraction of sp³-hybridized carbons (Fsp3) is 0.375. The quantitative estimate of drug-likeness (QED) is 0.808. The summed E-state index contributed by atoms with van der Waals surface area (Å²) >= 11 is 3.14. The Morgan fingerprint density at radius 2 is 2.46 bits per heavy atom. The number of hydrogen-bond acceptors (Lipinski definition) is 3. The number of nitrogens with one attached hydrogen (secondary N) is 2. The molecule has 1 aromatic rings. The van der Waals surface area contributed by atoms with Crippen LogP contribution in [0.2, 0.25) is 0 Å². The third kappa shape index (κ3) is 1.92. The molecule has 2 N–H and O–H groups in total. The number of amides is 1. The van der Waals surface area contributed by atoms with E-state index in [9.17, 15) is 4.79 Å². The van der Waals surface area contributed by atoms with Gasteiger partial charge in [0.1, 0.15) is 6.26 Å². The maximum absolute atomic E-state index is 11.4. The highest BCUT2D eigenvalue weighted by atomic mass is 79.9. The Hall–Kier alpha value is -0.810. The van der Waals surface area contributed by atoms with Gasteiger partial charge in [-0.25, -0.2) is 0 Å². The number of carbonyl (C=O) groups excluding carboxylic acids is 1. The predicted octanol–water partition coefficient (Wildman–Crippen LogP) is 0.744. The molecular weight excluding hydrogens is 236 g/mol. The van der Waals surface area contributed by atoms with Crippen molar-refractivity contribution in [2.75, 3.05) is 13.1 Å². The van der Waals surface area contributed by atoms with Gasteiger partial charge in [-0.05, 0) is 15.9 Å².